The molecule has 2 bridgehead atoms. The molecule has 4 heterocycles. The van der Waals surface area contributed by atoms with Crippen molar-refractivity contribution < 1.29 is 81.0 Å². The molecule has 291 valence electrons. The van der Waals surface area contributed by atoms with E-state index in [1.165, 1.54) is 6.08 Å². The number of nitrogens with two attached hydrogens (primary N) is 1. The first-order valence-electron chi connectivity index (χ1n) is 17.4. The van der Waals surface area contributed by atoms with Gasteiger partial charge in [0.2, 0.25) is 0 Å². The van der Waals surface area contributed by atoms with Crippen LogP contribution in [0.2, 0.25) is 0 Å². The van der Waals surface area contributed by atoms with E-state index >= 15 is 0 Å². The van der Waals surface area contributed by atoms with Crippen LogP contribution in [0.25, 0.3) is 0 Å². The first kappa shape index (κ1) is 43.2. The van der Waals surface area contributed by atoms with Crippen LogP contribution in [-0.4, -0.2) is 122 Å². The molecule has 4 rings (SSSR count). The van der Waals surface area contributed by atoms with Gasteiger partial charge in [-0.25, -0.2) is 4.79 Å². The number of carboxylic acids is 1. The number of carbonyl (C=O) groups excluding carboxylic acids is 1. The van der Waals surface area contributed by atoms with E-state index in [-0.39, 0.29) is 42.4 Å². The number of carboxylic acid groups (broad SMARTS) is 1. The molecule has 15 heteroatoms. The van der Waals surface area contributed by atoms with E-state index < -0.39 is 97.3 Å². The molecule has 4 aliphatic rings. The molecular weight excluding hydrogens is 718 g/mol. The molecule has 4 aliphatic heterocycles. The Balaban J connectivity index is 0.00000702. The van der Waals surface area contributed by atoms with Gasteiger partial charge in [0, 0.05) is 55.2 Å². The maximum Gasteiger partial charge on any atom is 0.330 e. The molecule has 9 unspecified atom stereocenters. The minimum absolute atomic E-state index is 0. The third-order valence-corrected chi connectivity index (χ3v) is 9.35. The predicted octanol–water partition coefficient (Wildman–Crippen LogP) is 1.29. The first-order valence-corrected chi connectivity index (χ1v) is 17.4. The fourth-order valence-electron chi connectivity index (χ4n) is 6.54. The summed E-state index contributed by atoms with van der Waals surface area (Å²) in [6.45, 7) is 3.64. The fourth-order valence-corrected chi connectivity index (χ4v) is 6.54. The summed E-state index contributed by atoms with van der Waals surface area (Å²) in [6.07, 6.45) is 8.24. The van der Waals surface area contributed by atoms with Gasteiger partial charge in [0.25, 0.3) is 0 Å². The van der Waals surface area contributed by atoms with Gasteiger partial charge in [-0.3, -0.25) is 4.79 Å². The molecule has 0 aromatic carbocycles. The van der Waals surface area contributed by atoms with Gasteiger partial charge in [-0.15, -0.1) is 0 Å². The fraction of sp³-hybridized carbons (Fsp3) is 0.667. The Morgan fingerprint density at radius 3 is 2.39 bits per heavy atom. The second-order valence-electron chi connectivity index (χ2n) is 13.5. The molecule has 3 saturated heterocycles. The number of carbonyl (C=O) groups is 2. The van der Waals surface area contributed by atoms with Crippen molar-refractivity contribution in [2.75, 3.05) is 0 Å². The molecule has 0 aliphatic carbocycles. The second kappa shape index (κ2) is 20.3. The minimum Gasteiger partial charge on any atom is -0.481 e. The molecule has 0 spiro atoms. The topological polar surface area (TPSA) is 231 Å². The summed E-state index contributed by atoms with van der Waals surface area (Å²) >= 11 is 0. The Kier molecular flexibility index (Phi) is 17.2. The number of cyclic esters (lactones) is 1. The molecule has 0 saturated carbocycles. The van der Waals surface area contributed by atoms with Crippen LogP contribution >= 0.6 is 0 Å². The Hall–Kier alpha value is -2.24. The average molecular weight is 771 g/mol. The minimum atomic E-state index is -2.10. The van der Waals surface area contributed by atoms with Gasteiger partial charge >= 0.3 is 11.9 Å². The van der Waals surface area contributed by atoms with Gasteiger partial charge in [-0.1, -0.05) is 68.4 Å². The third kappa shape index (κ3) is 13.0. The summed E-state index contributed by atoms with van der Waals surface area (Å²) in [7, 11) is 0. The molecule has 14 nitrogen and oxygen atoms in total. The summed E-state index contributed by atoms with van der Waals surface area (Å²) in [4.78, 5) is 24.8. The van der Waals surface area contributed by atoms with Crippen molar-refractivity contribution in [3.05, 3.63) is 60.8 Å². The number of hydrogen-bond donors (Lipinski definition) is 7. The van der Waals surface area contributed by atoms with E-state index in [1.54, 1.807) is 43.4 Å². The number of rotatable bonds is 6. The smallest absolute Gasteiger partial charge is 0.330 e. The largest absolute Gasteiger partial charge is 0.481 e. The monoisotopic (exact) mass is 770 g/mol. The molecule has 3 fully saturated rings. The Morgan fingerprint density at radius 2 is 1.69 bits per heavy atom. The van der Waals surface area contributed by atoms with Crippen LogP contribution in [0.3, 0.4) is 0 Å². The number of ether oxygens (including phenoxy) is 5. The maximum absolute atomic E-state index is 12.5. The number of epoxide rings is 1. The summed E-state index contributed by atoms with van der Waals surface area (Å²) < 4.78 is 29.0. The van der Waals surface area contributed by atoms with Gasteiger partial charge in [-0.2, -0.15) is 0 Å². The summed E-state index contributed by atoms with van der Waals surface area (Å²) in [5.41, 5.74) is 6.00. The standard InChI is InChI=1S/C36H53NO13.Cu/c1-3-4-12-23-13-10-8-6-5-7-9-11-14-24(48-35-33(42)31(37)32(41)21(2)46-35)18-28-30(34(43)44)25(39)20-36(45,50-28)19-22(38)17-27-26(49-27)15-16-29(40)47-23;/h5-11,14-16,21-28,30-33,35,38-39,41-42,45H,3-4,12-13,17-20,37H2,1-2H3,(H,43,44);/b6-5+,9-7+,10-8+,14-11+,16-15+;/t21-,22?,23?,24?,25?,26?,27?,28?,30?,31+,32-,33+,35+,36?;/m1./s1. The summed E-state index contributed by atoms with van der Waals surface area (Å²) in [5.74, 6) is -5.41. The average Bonchev–Trinajstić information content (AvgIpc) is 3.78. The van der Waals surface area contributed by atoms with E-state index in [2.05, 4.69) is 6.92 Å². The number of aliphatic carboxylic acids is 1. The molecule has 0 amide bonds. The van der Waals surface area contributed by atoms with Gasteiger partial charge in [0.15, 0.2) is 12.1 Å². The molecule has 0 aromatic heterocycles. The second-order valence-corrected chi connectivity index (χ2v) is 13.5. The zero-order chi connectivity index (χ0) is 36.4. The van der Waals surface area contributed by atoms with Crippen molar-refractivity contribution in [2.24, 2.45) is 11.7 Å². The van der Waals surface area contributed by atoms with E-state index in [0.29, 0.717) is 6.42 Å². The first-order chi connectivity index (χ1) is 23.8. The quantitative estimate of drug-likeness (QED) is 0.115. The summed E-state index contributed by atoms with van der Waals surface area (Å²) in [5, 5.41) is 64.2. The van der Waals surface area contributed by atoms with Gasteiger partial charge in [0.05, 0.1) is 48.8 Å². The number of fused-ring (bicyclic) bond motifs is 3. The SMILES string of the molecule is CCCCC1C/C=C/C=C/C=C/C=C/C(O[C@@H]2O[C@H](C)[C@@H](O)[C@H](N)[C@@H]2O)CC2OC(O)(CC(O)CC3OC3/C=C/C(=O)O1)CC(O)C2C(=O)O.[Cu]. The number of aliphatic hydroxyl groups excluding tert-OH is 4. The van der Waals surface area contributed by atoms with Crippen LogP contribution < -0.4 is 5.73 Å². The molecule has 8 N–H and O–H groups in total. The zero-order valence-electron chi connectivity index (χ0n) is 28.9. The molecular formula is C36H53CuNO13. The van der Waals surface area contributed by atoms with Gasteiger partial charge in [0.1, 0.15) is 24.2 Å². The van der Waals surface area contributed by atoms with Crippen molar-refractivity contribution >= 4 is 11.9 Å². The van der Waals surface area contributed by atoms with Crippen LogP contribution in [0.4, 0.5) is 0 Å². The number of allylic oxidation sites excluding steroid dienone is 6. The van der Waals surface area contributed by atoms with Gasteiger partial charge < -0.3 is 60.1 Å². The maximum atomic E-state index is 12.5. The van der Waals surface area contributed by atoms with E-state index in [1.807, 2.05) is 18.2 Å². The van der Waals surface area contributed by atoms with Crippen LogP contribution in [0, 0.1) is 5.92 Å². The van der Waals surface area contributed by atoms with Crippen LogP contribution in [-0.2, 0) is 50.3 Å². The van der Waals surface area contributed by atoms with E-state index in [0.717, 1.165) is 19.3 Å². The van der Waals surface area contributed by atoms with Crippen molar-refractivity contribution in [1.82, 2.24) is 0 Å². The van der Waals surface area contributed by atoms with Crippen molar-refractivity contribution in [3.63, 3.8) is 0 Å². The molecule has 51 heavy (non-hydrogen) atoms. The van der Waals surface area contributed by atoms with Crippen molar-refractivity contribution in [2.45, 2.75) is 144 Å². The normalized spacial score (nSPS) is 44.2. The van der Waals surface area contributed by atoms with Crippen molar-refractivity contribution in [3.8, 4) is 0 Å². The number of unbranched alkanes of at least 4 members (excludes halogenated alkanes) is 1. The Bertz CT molecular complexity index is 1280. The number of esters is 1. The van der Waals surface area contributed by atoms with Gasteiger partial charge in [-0.05, 0) is 19.4 Å². The van der Waals surface area contributed by atoms with Crippen LogP contribution in [0.5, 0.6) is 0 Å². The summed E-state index contributed by atoms with van der Waals surface area (Å²) in [6, 6.07) is -1.08. The third-order valence-electron chi connectivity index (χ3n) is 9.35. The van der Waals surface area contributed by atoms with Crippen LogP contribution in [0.15, 0.2) is 60.8 Å². The zero-order valence-corrected chi connectivity index (χ0v) is 29.8. The Morgan fingerprint density at radius 1 is 0.980 bits per heavy atom. The predicted molar refractivity (Wildman–Crippen MR) is 179 cm³/mol. The van der Waals surface area contributed by atoms with Crippen molar-refractivity contribution in [1.29, 1.82) is 0 Å². The molecule has 1 radical (unpaired) electrons. The Labute approximate surface area is 309 Å². The molecule has 14 atom stereocenters. The van der Waals surface area contributed by atoms with E-state index in [4.69, 9.17) is 29.4 Å². The number of hydrogen-bond acceptors (Lipinski definition) is 13. The molecule has 0 aromatic rings. The number of aliphatic hydroxyl groups is 5. The van der Waals surface area contributed by atoms with Crippen LogP contribution in [0.1, 0.15) is 65.2 Å². The van der Waals surface area contributed by atoms with E-state index in [9.17, 15) is 40.2 Å².